The first-order valence-corrected chi connectivity index (χ1v) is 5.41. The lowest BCUT2D eigenvalue weighted by molar-refractivity contribution is -0.129. The normalized spacial score (nSPS) is 12.1. The van der Waals surface area contributed by atoms with Gasteiger partial charge in [0.2, 0.25) is 0 Å². The van der Waals surface area contributed by atoms with Crippen molar-refractivity contribution in [3.8, 4) is 5.75 Å². The zero-order chi connectivity index (χ0) is 13.7. The third kappa shape index (κ3) is 3.27. The standard InChI is InChI=1S/C12H15FN2O3/c1-7(2)11(12(17)15-14)18-10-4-3-8(6-16)5-9(10)13/h3-7,11H,14H2,1-2H3,(H,15,17). The highest BCUT2D eigenvalue weighted by molar-refractivity contribution is 5.80. The Morgan fingerprint density at radius 3 is 2.61 bits per heavy atom. The molecule has 1 rings (SSSR count). The van der Waals surface area contributed by atoms with E-state index in [4.69, 9.17) is 10.6 Å². The molecule has 1 aromatic carbocycles. The fraction of sp³-hybridized carbons (Fsp3) is 0.333. The van der Waals surface area contributed by atoms with Gasteiger partial charge in [-0.15, -0.1) is 0 Å². The summed E-state index contributed by atoms with van der Waals surface area (Å²) in [4.78, 5) is 21.9. The summed E-state index contributed by atoms with van der Waals surface area (Å²) in [6, 6.07) is 3.75. The van der Waals surface area contributed by atoms with Crippen molar-refractivity contribution in [2.24, 2.45) is 11.8 Å². The van der Waals surface area contributed by atoms with Crippen LogP contribution >= 0.6 is 0 Å². The van der Waals surface area contributed by atoms with Crippen molar-refractivity contribution in [1.29, 1.82) is 0 Å². The van der Waals surface area contributed by atoms with Gasteiger partial charge in [-0.25, -0.2) is 10.2 Å². The van der Waals surface area contributed by atoms with Crippen LogP contribution < -0.4 is 16.0 Å². The highest BCUT2D eigenvalue weighted by Crippen LogP contribution is 2.21. The van der Waals surface area contributed by atoms with E-state index in [9.17, 15) is 14.0 Å². The summed E-state index contributed by atoms with van der Waals surface area (Å²) in [5.41, 5.74) is 2.16. The van der Waals surface area contributed by atoms with Gasteiger partial charge >= 0.3 is 0 Å². The minimum absolute atomic E-state index is 0.0945. The van der Waals surface area contributed by atoms with Crippen LogP contribution in [0.15, 0.2) is 18.2 Å². The van der Waals surface area contributed by atoms with Crippen molar-refractivity contribution in [3.05, 3.63) is 29.6 Å². The zero-order valence-electron chi connectivity index (χ0n) is 10.1. The summed E-state index contributed by atoms with van der Waals surface area (Å²) < 4.78 is 18.9. The summed E-state index contributed by atoms with van der Waals surface area (Å²) in [6.45, 7) is 3.50. The van der Waals surface area contributed by atoms with Crippen LogP contribution in [0.2, 0.25) is 0 Å². The minimum Gasteiger partial charge on any atom is -0.477 e. The van der Waals surface area contributed by atoms with Gasteiger partial charge in [0.05, 0.1) is 0 Å². The maximum absolute atomic E-state index is 13.6. The molecule has 6 heteroatoms. The third-order valence-electron chi connectivity index (χ3n) is 2.35. The second-order valence-corrected chi connectivity index (χ2v) is 4.10. The van der Waals surface area contributed by atoms with Gasteiger partial charge in [-0.3, -0.25) is 15.0 Å². The number of amides is 1. The molecule has 0 heterocycles. The molecule has 1 amide bonds. The summed E-state index contributed by atoms with van der Waals surface area (Å²) >= 11 is 0. The van der Waals surface area contributed by atoms with Crippen LogP contribution in [0.4, 0.5) is 4.39 Å². The van der Waals surface area contributed by atoms with E-state index in [1.807, 2.05) is 5.43 Å². The Balaban J connectivity index is 2.94. The molecule has 0 saturated carbocycles. The highest BCUT2D eigenvalue weighted by Gasteiger charge is 2.24. The predicted octanol–water partition coefficient (Wildman–Crippen LogP) is 1.03. The van der Waals surface area contributed by atoms with E-state index in [0.29, 0.717) is 6.29 Å². The average molecular weight is 254 g/mol. The van der Waals surface area contributed by atoms with Crippen LogP contribution in [0, 0.1) is 11.7 Å². The Morgan fingerprint density at radius 1 is 1.50 bits per heavy atom. The number of ether oxygens (including phenoxy) is 1. The molecule has 0 aromatic heterocycles. The van der Waals surface area contributed by atoms with E-state index >= 15 is 0 Å². The molecule has 0 radical (unpaired) electrons. The van der Waals surface area contributed by atoms with Crippen LogP contribution in [0.1, 0.15) is 24.2 Å². The number of carbonyl (C=O) groups excluding carboxylic acids is 2. The Labute approximate surface area is 104 Å². The fourth-order valence-corrected chi connectivity index (χ4v) is 1.40. The topological polar surface area (TPSA) is 81.4 Å². The summed E-state index contributed by atoms with van der Waals surface area (Å²) in [5, 5.41) is 0. The van der Waals surface area contributed by atoms with Crippen LogP contribution in [-0.2, 0) is 4.79 Å². The Bertz CT molecular complexity index is 449. The number of halogens is 1. The van der Waals surface area contributed by atoms with E-state index in [-0.39, 0.29) is 17.2 Å². The second-order valence-electron chi connectivity index (χ2n) is 4.10. The number of hydrogen-bond donors (Lipinski definition) is 2. The van der Waals surface area contributed by atoms with Crippen molar-refractivity contribution >= 4 is 12.2 Å². The van der Waals surface area contributed by atoms with Crippen LogP contribution in [-0.4, -0.2) is 18.3 Å². The Kier molecular flexibility index (Phi) is 4.79. The SMILES string of the molecule is CC(C)C(Oc1ccc(C=O)cc1F)C(=O)NN. The molecule has 5 nitrogen and oxygen atoms in total. The van der Waals surface area contributed by atoms with Crippen LogP contribution in [0.25, 0.3) is 0 Å². The van der Waals surface area contributed by atoms with Crippen molar-refractivity contribution in [2.75, 3.05) is 0 Å². The van der Waals surface area contributed by atoms with Gasteiger partial charge in [-0.05, 0) is 24.1 Å². The van der Waals surface area contributed by atoms with E-state index in [1.165, 1.54) is 12.1 Å². The lowest BCUT2D eigenvalue weighted by Crippen LogP contribution is -2.44. The quantitative estimate of drug-likeness (QED) is 0.356. The number of carbonyl (C=O) groups is 2. The number of hydrogen-bond acceptors (Lipinski definition) is 4. The predicted molar refractivity (Wildman–Crippen MR) is 63.4 cm³/mol. The maximum Gasteiger partial charge on any atom is 0.275 e. The summed E-state index contributed by atoms with van der Waals surface area (Å²) in [6.07, 6.45) is -0.370. The van der Waals surface area contributed by atoms with Crippen LogP contribution in [0.5, 0.6) is 5.75 Å². The molecule has 0 spiro atoms. The molecule has 0 saturated heterocycles. The third-order valence-corrected chi connectivity index (χ3v) is 2.35. The highest BCUT2D eigenvalue weighted by atomic mass is 19.1. The number of benzene rings is 1. The molecule has 0 aliphatic carbocycles. The first kappa shape index (κ1) is 14.1. The van der Waals surface area contributed by atoms with Gasteiger partial charge in [-0.2, -0.15) is 0 Å². The summed E-state index contributed by atoms with van der Waals surface area (Å²) in [7, 11) is 0. The lowest BCUT2D eigenvalue weighted by atomic mass is 10.1. The van der Waals surface area contributed by atoms with Crippen molar-refractivity contribution in [1.82, 2.24) is 5.43 Å². The molecular formula is C12H15FN2O3. The van der Waals surface area contributed by atoms with E-state index in [1.54, 1.807) is 13.8 Å². The second kappa shape index (κ2) is 6.11. The Morgan fingerprint density at radius 2 is 2.17 bits per heavy atom. The monoisotopic (exact) mass is 254 g/mol. The summed E-state index contributed by atoms with van der Waals surface area (Å²) in [5.74, 6) is 3.52. The molecule has 0 bridgehead atoms. The molecule has 0 aliphatic heterocycles. The van der Waals surface area contributed by atoms with E-state index in [2.05, 4.69) is 0 Å². The zero-order valence-corrected chi connectivity index (χ0v) is 10.1. The van der Waals surface area contributed by atoms with Crippen molar-refractivity contribution in [2.45, 2.75) is 20.0 Å². The van der Waals surface area contributed by atoms with Crippen molar-refractivity contribution < 1.29 is 18.7 Å². The molecule has 3 N–H and O–H groups in total. The smallest absolute Gasteiger partial charge is 0.275 e. The largest absolute Gasteiger partial charge is 0.477 e. The lowest BCUT2D eigenvalue weighted by Gasteiger charge is -2.21. The van der Waals surface area contributed by atoms with E-state index in [0.717, 1.165) is 6.07 Å². The molecule has 1 aromatic rings. The van der Waals surface area contributed by atoms with Crippen LogP contribution in [0.3, 0.4) is 0 Å². The average Bonchev–Trinajstić information content (AvgIpc) is 2.35. The molecular weight excluding hydrogens is 239 g/mol. The molecule has 18 heavy (non-hydrogen) atoms. The fourth-order valence-electron chi connectivity index (χ4n) is 1.40. The number of nitrogens with two attached hydrogens (primary N) is 1. The van der Waals surface area contributed by atoms with Gasteiger partial charge in [-0.1, -0.05) is 13.8 Å². The first-order valence-electron chi connectivity index (χ1n) is 5.41. The maximum atomic E-state index is 13.6. The van der Waals surface area contributed by atoms with Gasteiger partial charge in [0.15, 0.2) is 17.7 Å². The Hall–Kier alpha value is -1.95. The first-order chi connectivity index (χ1) is 8.49. The number of rotatable bonds is 5. The van der Waals surface area contributed by atoms with Gasteiger partial charge in [0.1, 0.15) is 6.29 Å². The molecule has 0 fully saturated rings. The molecule has 1 atom stereocenters. The number of nitrogens with one attached hydrogen (secondary N) is 1. The number of hydrazine groups is 1. The van der Waals surface area contributed by atoms with Gasteiger partial charge < -0.3 is 4.74 Å². The van der Waals surface area contributed by atoms with E-state index < -0.39 is 17.8 Å². The van der Waals surface area contributed by atoms with Crippen molar-refractivity contribution in [3.63, 3.8) is 0 Å². The van der Waals surface area contributed by atoms with Gasteiger partial charge in [0.25, 0.3) is 5.91 Å². The van der Waals surface area contributed by atoms with Gasteiger partial charge in [0, 0.05) is 5.56 Å². The number of aldehydes is 1. The molecule has 98 valence electrons. The molecule has 1 unspecified atom stereocenters. The minimum atomic E-state index is -0.897. The molecule has 0 aliphatic rings.